The molecule has 0 saturated heterocycles. The summed E-state index contributed by atoms with van der Waals surface area (Å²) in [6.45, 7) is 0.747. The van der Waals surface area contributed by atoms with Gasteiger partial charge in [0.15, 0.2) is 0 Å². The van der Waals surface area contributed by atoms with Crippen molar-refractivity contribution in [3.8, 4) is 5.75 Å². The van der Waals surface area contributed by atoms with Gasteiger partial charge in [-0.2, -0.15) is 0 Å². The van der Waals surface area contributed by atoms with E-state index in [4.69, 9.17) is 16.3 Å². The van der Waals surface area contributed by atoms with E-state index in [2.05, 4.69) is 9.97 Å². The second-order valence-corrected chi connectivity index (χ2v) is 4.29. The highest BCUT2D eigenvalue weighted by atomic mass is 35.5. The van der Waals surface area contributed by atoms with Crippen LogP contribution in [-0.2, 0) is 6.54 Å². The number of nitrogens with zero attached hydrogens (tertiary/aromatic N) is 3. The van der Waals surface area contributed by atoms with Crippen LogP contribution in [0.4, 0.5) is 5.82 Å². The predicted octanol–water partition coefficient (Wildman–Crippen LogP) is 2.78. The summed E-state index contributed by atoms with van der Waals surface area (Å²) in [5.74, 6) is 1.65. The van der Waals surface area contributed by atoms with E-state index >= 15 is 0 Å². The SMILES string of the molecule is COc1ccc(CN(C)c2cc(Cl)ncn2)cc1. The third kappa shape index (κ3) is 3.11. The quantitative estimate of drug-likeness (QED) is 0.795. The molecule has 0 radical (unpaired) electrons. The summed E-state index contributed by atoms with van der Waals surface area (Å²) in [4.78, 5) is 10.0. The Bertz CT molecular complexity index is 516. The van der Waals surface area contributed by atoms with Crippen molar-refractivity contribution in [3.63, 3.8) is 0 Å². The van der Waals surface area contributed by atoms with Crippen LogP contribution in [0.15, 0.2) is 36.7 Å². The molecule has 0 spiro atoms. The van der Waals surface area contributed by atoms with Crippen LogP contribution < -0.4 is 9.64 Å². The van der Waals surface area contributed by atoms with E-state index in [1.165, 1.54) is 11.9 Å². The molecule has 0 N–H and O–H groups in total. The summed E-state index contributed by atoms with van der Waals surface area (Å²) in [6, 6.07) is 9.67. The first kappa shape index (κ1) is 12.6. The topological polar surface area (TPSA) is 38.2 Å². The van der Waals surface area contributed by atoms with Crippen LogP contribution in [0, 0.1) is 0 Å². The van der Waals surface area contributed by atoms with Crippen LogP contribution in [0.5, 0.6) is 5.75 Å². The van der Waals surface area contributed by atoms with Crippen molar-refractivity contribution in [3.05, 3.63) is 47.4 Å². The summed E-state index contributed by atoms with van der Waals surface area (Å²) in [6.07, 6.45) is 1.46. The van der Waals surface area contributed by atoms with Crippen molar-refractivity contribution in [1.29, 1.82) is 0 Å². The van der Waals surface area contributed by atoms with E-state index < -0.39 is 0 Å². The molecule has 0 fully saturated rings. The van der Waals surface area contributed by atoms with Crippen LogP contribution in [-0.4, -0.2) is 24.1 Å². The lowest BCUT2D eigenvalue weighted by Gasteiger charge is -2.18. The van der Waals surface area contributed by atoms with E-state index in [1.807, 2.05) is 36.2 Å². The normalized spacial score (nSPS) is 10.2. The molecule has 1 aromatic carbocycles. The van der Waals surface area contributed by atoms with Gasteiger partial charge in [-0.1, -0.05) is 23.7 Å². The molecule has 0 saturated carbocycles. The number of benzene rings is 1. The van der Waals surface area contributed by atoms with Crippen molar-refractivity contribution in [2.24, 2.45) is 0 Å². The Morgan fingerprint density at radius 3 is 2.56 bits per heavy atom. The number of ether oxygens (including phenoxy) is 1. The minimum Gasteiger partial charge on any atom is -0.497 e. The van der Waals surface area contributed by atoms with E-state index in [0.717, 1.165) is 18.1 Å². The molecule has 0 aliphatic heterocycles. The highest BCUT2D eigenvalue weighted by Gasteiger charge is 2.04. The van der Waals surface area contributed by atoms with Crippen molar-refractivity contribution in [2.75, 3.05) is 19.1 Å². The molecule has 0 aliphatic carbocycles. The highest BCUT2D eigenvalue weighted by Crippen LogP contribution is 2.17. The zero-order chi connectivity index (χ0) is 13.0. The molecule has 0 aliphatic rings. The van der Waals surface area contributed by atoms with Gasteiger partial charge in [-0.25, -0.2) is 9.97 Å². The lowest BCUT2D eigenvalue weighted by atomic mass is 10.2. The number of anilines is 1. The fourth-order valence-corrected chi connectivity index (χ4v) is 1.76. The minimum atomic E-state index is 0.446. The second-order valence-electron chi connectivity index (χ2n) is 3.90. The fourth-order valence-electron chi connectivity index (χ4n) is 1.62. The third-order valence-corrected chi connectivity index (χ3v) is 2.80. The molecule has 18 heavy (non-hydrogen) atoms. The maximum Gasteiger partial charge on any atom is 0.134 e. The second kappa shape index (κ2) is 5.69. The Labute approximate surface area is 111 Å². The molecule has 0 bridgehead atoms. The van der Waals surface area contributed by atoms with Crippen molar-refractivity contribution in [2.45, 2.75) is 6.54 Å². The summed E-state index contributed by atoms with van der Waals surface area (Å²) in [5, 5.41) is 0.446. The van der Waals surface area contributed by atoms with Crippen LogP contribution in [0.1, 0.15) is 5.56 Å². The van der Waals surface area contributed by atoms with Gasteiger partial charge in [0.05, 0.1) is 7.11 Å². The van der Waals surface area contributed by atoms with E-state index in [0.29, 0.717) is 5.15 Å². The lowest BCUT2D eigenvalue weighted by Crippen LogP contribution is -2.17. The highest BCUT2D eigenvalue weighted by molar-refractivity contribution is 6.29. The Morgan fingerprint density at radius 2 is 1.94 bits per heavy atom. The van der Waals surface area contributed by atoms with Gasteiger partial charge in [0.2, 0.25) is 0 Å². The summed E-state index contributed by atoms with van der Waals surface area (Å²) < 4.78 is 5.12. The van der Waals surface area contributed by atoms with Crippen LogP contribution in [0.25, 0.3) is 0 Å². The monoisotopic (exact) mass is 263 g/mol. The zero-order valence-electron chi connectivity index (χ0n) is 10.3. The first-order valence-corrected chi connectivity index (χ1v) is 5.88. The molecule has 2 aromatic rings. The van der Waals surface area contributed by atoms with Gasteiger partial charge in [0.1, 0.15) is 23.0 Å². The molecule has 0 unspecified atom stereocenters. The largest absolute Gasteiger partial charge is 0.497 e. The molecule has 94 valence electrons. The van der Waals surface area contributed by atoms with Crippen LogP contribution in [0.3, 0.4) is 0 Å². The first-order valence-electron chi connectivity index (χ1n) is 5.50. The van der Waals surface area contributed by atoms with Crippen molar-refractivity contribution in [1.82, 2.24) is 9.97 Å². The molecule has 0 amide bonds. The zero-order valence-corrected chi connectivity index (χ0v) is 11.1. The van der Waals surface area contributed by atoms with Gasteiger partial charge in [-0.05, 0) is 17.7 Å². The maximum absolute atomic E-state index is 5.84. The summed E-state index contributed by atoms with van der Waals surface area (Å²) in [5.41, 5.74) is 1.17. The van der Waals surface area contributed by atoms with Gasteiger partial charge in [-0.15, -0.1) is 0 Å². The van der Waals surface area contributed by atoms with E-state index in [-0.39, 0.29) is 0 Å². The number of hydrogen-bond donors (Lipinski definition) is 0. The van der Waals surface area contributed by atoms with Gasteiger partial charge in [-0.3, -0.25) is 0 Å². The number of rotatable bonds is 4. The number of methoxy groups -OCH3 is 1. The lowest BCUT2D eigenvalue weighted by molar-refractivity contribution is 0.414. The minimum absolute atomic E-state index is 0.446. The molecule has 5 heteroatoms. The third-order valence-electron chi connectivity index (χ3n) is 2.59. The molecule has 0 atom stereocenters. The average molecular weight is 264 g/mol. The molecule has 1 heterocycles. The Balaban J connectivity index is 2.08. The first-order chi connectivity index (χ1) is 8.69. The van der Waals surface area contributed by atoms with Crippen molar-refractivity contribution >= 4 is 17.4 Å². The standard InChI is InChI=1S/C13H14ClN3O/c1-17(13-7-12(14)15-9-16-13)8-10-3-5-11(18-2)6-4-10/h3-7,9H,8H2,1-2H3. The summed E-state index contributed by atoms with van der Waals surface area (Å²) in [7, 11) is 3.62. The van der Waals surface area contributed by atoms with Crippen molar-refractivity contribution < 1.29 is 4.74 Å². The average Bonchev–Trinajstić information content (AvgIpc) is 2.39. The molecule has 2 rings (SSSR count). The van der Waals surface area contributed by atoms with Crippen LogP contribution >= 0.6 is 11.6 Å². The van der Waals surface area contributed by atoms with Gasteiger partial charge in [0.25, 0.3) is 0 Å². The number of halogens is 1. The number of aromatic nitrogens is 2. The Kier molecular flexibility index (Phi) is 3.99. The smallest absolute Gasteiger partial charge is 0.134 e. The van der Waals surface area contributed by atoms with E-state index in [1.54, 1.807) is 13.2 Å². The predicted molar refractivity (Wildman–Crippen MR) is 72.1 cm³/mol. The van der Waals surface area contributed by atoms with Gasteiger partial charge < -0.3 is 9.64 Å². The fraction of sp³-hybridized carbons (Fsp3) is 0.231. The molecule has 1 aromatic heterocycles. The Morgan fingerprint density at radius 1 is 1.22 bits per heavy atom. The summed E-state index contributed by atoms with van der Waals surface area (Å²) >= 11 is 5.84. The van der Waals surface area contributed by atoms with E-state index in [9.17, 15) is 0 Å². The molecule has 4 nitrogen and oxygen atoms in total. The molecular formula is C13H14ClN3O. The Hall–Kier alpha value is -1.81. The maximum atomic E-state index is 5.84. The number of hydrogen-bond acceptors (Lipinski definition) is 4. The molecular weight excluding hydrogens is 250 g/mol. The van der Waals surface area contributed by atoms with Crippen LogP contribution in [0.2, 0.25) is 5.15 Å². The van der Waals surface area contributed by atoms with Gasteiger partial charge >= 0.3 is 0 Å². The van der Waals surface area contributed by atoms with Gasteiger partial charge in [0, 0.05) is 19.7 Å².